The lowest BCUT2D eigenvalue weighted by Crippen LogP contribution is -2.16. The van der Waals surface area contributed by atoms with E-state index in [9.17, 15) is 0 Å². The molecule has 0 fully saturated rings. The zero-order valence-corrected chi connectivity index (χ0v) is 26.0. The second-order valence-corrected chi connectivity index (χ2v) is 12.5. The Kier molecular flexibility index (Phi) is 6.65. The fraction of sp³-hybridized carbons (Fsp3) is 0.0952. The van der Waals surface area contributed by atoms with Gasteiger partial charge in [-0.3, -0.25) is 0 Å². The van der Waals surface area contributed by atoms with Crippen LogP contribution in [0.4, 0.5) is 0 Å². The zero-order valence-electron chi connectivity index (χ0n) is 26.0. The summed E-state index contributed by atoms with van der Waals surface area (Å²) in [5, 5.41) is 2.47. The molecule has 0 aliphatic heterocycles. The Balaban J connectivity index is 1.30. The monoisotopic (exact) mass is 594 g/mol. The molecule has 0 atom stereocenters. The van der Waals surface area contributed by atoms with Crippen molar-refractivity contribution in [2.24, 2.45) is 15.7 Å². The summed E-state index contributed by atoms with van der Waals surface area (Å²) >= 11 is 0. The van der Waals surface area contributed by atoms with Crippen LogP contribution < -0.4 is 5.73 Å². The summed E-state index contributed by atoms with van der Waals surface area (Å²) in [6, 6.07) is 50.8. The molecule has 0 bridgehead atoms. The first-order valence-corrected chi connectivity index (χ1v) is 15.7. The average molecular weight is 595 g/mol. The highest BCUT2D eigenvalue weighted by molar-refractivity contribution is 6.12. The normalized spacial score (nSPS) is 14.0. The highest BCUT2D eigenvalue weighted by atomic mass is 15.1. The van der Waals surface area contributed by atoms with Crippen LogP contribution in [-0.2, 0) is 12.1 Å². The maximum absolute atomic E-state index is 6.61. The van der Waals surface area contributed by atoms with Crippen LogP contribution in [-0.4, -0.2) is 16.2 Å². The Morgan fingerprint density at radius 2 is 1.26 bits per heavy atom. The Hall–Kier alpha value is -5.74. The van der Waals surface area contributed by atoms with Gasteiger partial charge in [0.25, 0.3) is 0 Å². The third kappa shape index (κ3) is 4.62. The van der Waals surface area contributed by atoms with Gasteiger partial charge in [0.1, 0.15) is 12.5 Å². The van der Waals surface area contributed by atoms with Gasteiger partial charge in [0.05, 0.1) is 11.0 Å². The third-order valence-corrected chi connectivity index (χ3v) is 9.36. The quantitative estimate of drug-likeness (QED) is 0.157. The summed E-state index contributed by atoms with van der Waals surface area (Å²) in [6.07, 6.45) is 0. The molecule has 4 heteroatoms. The zero-order chi connectivity index (χ0) is 31.3. The van der Waals surface area contributed by atoms with Crippen LogP contribution in [0.1, 0.15) is 36.1 Å². The van der Waals surface area contributed by atoms with Crippen molar-refractivity contribution >= 4 is 33.5 Å². The molecule has 1 aliphatic carbocycles. The van der Waals surface area contributed by atoms with E-state index in [2.05, 4.69) is 128 Å². The molecule has 7 aromatic rings. The van der Waals surface area contributed by atoms with Crippen molar-refractivity contribution in [2.75, 3.05) is 0 Å². The summed E-state index contributed by atoms with van der Waals surface area (Å²) in [6.45, 7) is 5.06. The Labute approximate surface area is 269 Å². The summed E-state index contributed by atoms with van der Waals surface area (Å²) in [5.41, 5.74) is 18.2. The fourth-order valence-electron chi connectivity index (χ4n) is 6.98. The molecule has 1 heterocycles. The van der Waals surface area contributed by atoms with Gasteiger partial charge in [-0.1, -0.05) is 135 Å². The molecule has 0 amide bonds. The Morgan fingerprint density at radius 1 is 0.587 bits per heavy atom. The molecule has 0 saturated carbocycles. The molecule has 4 nitrogen and oxygen atoms in total. The minimum absolute atomic E-state index is 0.0674. The minimum atomic E-state index is -0.0674. The Bertz CT molecular complexity index is 2310. The van der Waals surface area contributed by atoms with Gasteiger partial charge in [0, 0.05) is 27.3 Å². The van der Waals surface area contributed by atoms with E-state index in [0.29, 0.717) is 18.3 Å². The number of aromatic nitrogens is 1. The molecule has 222 valence electrons. The van der Waals surface area contributed by atoms with Crippen LogP contribution >= 0.6 is 0 Å². The smallest absolute Gasteiger partial charge is 0.158 e. The second-order valence-electron chi connectivity index (χ2n) is 12.5. The first-order valence-electron chi connectivity index (χ1n) is 15.7. The predicted octanol–water partition coefficient (Wildman–Crippen LogP) is 9.58. The van der Waals surface area contributed by atoms with Gasteiger partial charge >= 0.3 is 0 Å². The van der Waals surface area contributed by atoms with Crippen LogP contribution in [0, 0.1) is 0 Å². The number of nitrogens with zero attached hydrogens (tertiary/aromatic N) is 3. The largest absolute Gasteiger partial charge is 0.383 e. The molecule has 0 spiro atoms. The van der Waals surface area contributed by atoms with E-state index in [0.717, 1.165) is 33.3 Å². The van der Waals surface area contributed by atoms with Crippen LogP contribution in [0.25, 0.3) is 44.1 Å². The lowest BCUT2D eigenvalue weighted by atomic mass is 9.82. The lowest BCUT2D eigenvalue weighted by Gasteiger charge is -2.21. The predicted molar refractivity (Wildman–Crippen MR) is 193 cm³/mol. The molecule has 2 N–H and O–H groups in total. The molecule has 8 rings (SSSR count). The maximum atomic E-state index is 6.61. The molecule has 6 aromatic carbocycles. The van der Waals surface area contributed by atoms with Crippen LogP contribution in [0.2, 0.25) is 0 Å². The number of fused-ring (bicyclic) bond motifs is 6. The van der Waals surface area contributed by atoms with E-state index in [4.69, 9.17) is 15.7 Å². The van der Waals surface area contributed by atoms with Gasteiger partial charge < -0.3 is 10.3 Å². The van der Waals surface area contributed by atoms with E-state index in [1.54, 1.807) is 0 Å². The van der Waals surface area contributed by atoms with E-state index in [-0.39, 0.29) is 5.41 Å². The summed E-state index contributed by atoms with van der Waals surface area (Å²) in [5.74, 6) is 1.03. The van der Waals surface area contributed by atoms with Crippen molar-refractivity contribution in [2.45, 2.75) is 25.9 Å². The number of rotatable bonds is 5. The second kappa shape index (κ2) is 11.0. The molecule has 1 aromatic heterocycles. The van der Waals surface area contributed by atoms with E-state index < -0.39 is 0 Å². The number of nitrogens with two attached hydrogens (primary N) is 1. The molecule has 46 heavy (non-hydrogen) atoms. The molecule has 0 saturated heterocycles. The van der Waals surface area contributed by atoms with Crippen molar-refractivity contribution in [3.8, 4) is 22.3 Å². The van der Waals surface area contributed by atoms with Gasteiger partial charge in [-0.05, 0) is 57.6 Å². The van der Waals surface area contributed by atoms with E-state index in [1.165, 1.54) is 33.0 Å². The number of aliphatic imine (C=N–C) groups is 2. The third-order valence-electron chi connectivity index (χ3n) is 9.36. The molecular weight excluding hydrogens is 560 g/mol. The Morgan fingerprint density at radius 3 is 2.09 bits per heavy atom. The summed E-state index contributed by atoms with van der Waals surface area (Å²) in [4.78, 5) is 10.2. The van der Waals surface area contributed by atoms with Gasteiger partial charge in [-0.25, -0.2) is 9.98 Å². The van der Waals surface area contributed by atoms with E-state index >= 15 is 0 Å². The van der Waals surface area contributed by atoms with Crippen molar-refractivity contribution in [1.82, 2.24) is 4.57 Å². The number of amidine groups is 2. The SMILES string of the molecule is CC1(C)c2ccccc2-c2cc3c(cc21)c1ccccc1n3CN=C(N=C(N)c1ccccc1)c1cccc(-c2ccccc2)c1. The van der Waals surface area contributed by atoms with E-state index in [1.807, 2.05) is 36.4 Å². The van der Waals surface area contributed by atoms with Gasteiger partial charge in [-0.15, -0.1) is 0 Å². The van der Waals surface area contributed by atoms with Crippen molar-refractivity contribution < 1.29 is 0 Å². The van der Waals surface area contributed by atoms with Crippen molar-refractivity contribution in [3.63, 3.8) is 0 Å². The number of para-hydroxylation sites is 1. The van der Waals surface area contributed by atoms with Gasteiger partial charge in [-0.2, -0.15) is 0 Å². The number of hydrogen-bond donors (Lipinski definition) is 1. The minimum Gasteiger partial charge on any atom is -0.383 e. The molecule has 0 radical (unpaired) electrons. The van der Waals surface area contributed by atoms with Crippen molar-refractivity contribution in [1.29, 1.82) is 0 Å². The highest BCUT2D eigenvalue weighted by Crippen LogP contribution is 2.50. The number of hydrogen-bond acceptors (Lipinski definition) is 1. The van der Waals surface area contributed by atoms with Gasteiger partial charge in [0.2, 0.25) is 0 Å². The summed E-state index contributed by atoms with van der Waals surface area (Å²) < 4.78 is 2.31. The standard InChI is InChI=1S/C42H34N4/c1-42(2)36-22-11-9-20-32(36)34-26-39-35(25-37(34)42)33-21-10-12-23-38(33)46(39)27-44-41(45-40(43)29-16-7-4-8-17-29)31-19-13-18-30(24-31)28-14-5-3-6-15-28/h3-26H,27H2,1-2H3,(H2,43,44,45). The highest BCUT2D eigenvalue weighted by Gasteiger charge is 2.36. The number of benzene rings is 6. The molecule has 0 unspecified atom stereocenters. The van der Waals surface area contributed by atoms with Crippen LogP contribution in [0.3, 0.4) is 0 Å². The first-order chi connectivity index (χ1) is 22.5. The van der Waals surface area contributed by atoms with Gasteiger partial charge in [0.15, 0.2) is 5.84 Å². The van der Waals surface area contributed by atoms with Crippen molar-refractivity contribution in [3.05, 3.63) is 168 Å². The first kappa shape index (κ1) is 27.8. The molecular formula is C42H34N4. The molecule has 1 aliphatic rings. The topological polar surface area (TPSA) is 55.7 Å². The van der Waals surface area contributed by atoms with Crippen LogP contribution in [0.15, 0.2) is 156 Å². The van der Waals surface area contributed by atoms with Crippen LogP contribution in [0.5, 0.6) is 0 Å². The average Bonchev–Trinajstić information content (AvgIpc) is 3.54. The lowest BCUT2D eigenvalue weighted by molar-refractivity contribution is 0.661. The maximum Gasteiger partial charge on any atom is 0.158 e. The summed E-state index contributed by atoms with van der Waals surface area (Å²) in [7, 11) is 0. The fourth-order valence-corrected chi connectivity index (χ4v) is 6.98.